The van der Waals surface area contributed by atoms with E-state index in [9.17, 15) is 19.5 Å². The number of hydrogen-bond acceptors (Lipinski definition) is 6. The van der Waals surface area contributed by atoms with E-state index in [-0.39, 0.29) is 28.7 Å². The fourth-order valence-electron chi connectivity index (χ4n) is 4.64. The topological polar surface area (TPSA) is 113 Å². The first-order chi connectivity index (χ1) is 17.2. The van der Waals surface area contributed by atoms with Gasteiger partial charge in [0.05, 0.1) is 11.4 Å². The molecule has 36 heavy (non-hydrogen) atoms. The molecule has 4 rings (SSSR count). The molecule has 2 heterocycles. The molecule has 1 aromatic carbocycles. The van der Waals surface area contributed by atoms with Crippen LogP contribution in [-0.4, -0.2) is 34.1 Å². The number of aromatic carboxylic acids is 1. The number of carbonyl (C=O) groups excluding carboxylic acids is 2. The minimum Gasteiger partial charge on any atom is -0.477 e. The van der Waals surface area contributed by atoms with Crippen LogP contribution in [-0.2, 0) is 4.79 Å². The highest BCUT2D eigenvalue weighted by atomic mass is 32.1. The number of carboxylic acid groups (broad SMARTS) is 1. The molecule has 2 amide bonds. The van der Waals surface area contributed by atoms with Crippen LogP contribution in [0.25, 0.3) is 10.4 Å². The zero-order chi connectivity index (χ0) is 26.0. The van der Waals surface area contributed by atoms with Gasteiger partial charge in [0.25, 0.3) is 5.91 Å². The molecule has 2 aromatic heterocycles. The van der Waals surface area contributed by atoms with Gasteiger partial charge in [-0.15, -0.1) is 11.3 Å². The fourth-order valence-corrected chi connectivity index (χ4v) is 5.63. The van der Waals surface area contributed by atoms with E-state index in [2.05, 4.69) is 17.4 Å². The third-order valence-electron chi connectivity index (χ3n) is 6.71. The number of anilines is 2. The molecule has 0 bridgehead atoms. The number of amides is 2. The van der Waals surface area contributed by atoms with Gasteiger partial charge in [0.15, 0.2) is 0 Å². The van der Waals surface area contributed by atoms with Crippen LogP contribution in [0.3, 0.4) is 0 Å². The average Bonchev–Trinajstić information content (AvgIpc) is 3.47. The quantitative estimate of drug-likeness (QED) is 0.390. The van der Waals surface area contributed by atoms with Crippen molar-refractivity contribution in [3.8, 4) is 10.4 Å². The van der Waals surface area contributed by atoms with E-state index in [4.69, 9.17) is 4.52 Å². The van der Waals surface area contributed by atoms with Crippen molar-refractivity contribution in [3.05, 3.63) is 52.7 Å². The molecule has 0 saturated heterocycles. The molecule has 3 aromatic rings. The number of aromatic nitrogens is 1. The molecule has 0 unspecified atom stereocenters. The molecule has 2 N–H and O–H groups in total. The van der Waals surface area contributed by atoms with Crippen molar-refractivity contribution in [2.75, 3.05) is 10.2 Å². The Hall–Kier alpha value is -3.46. The van der Waals surface area contributed by atoms with E-state index in [1.54, 1.807) is 30.0 Å². The third-order valence-corrected chi connectivity index (χ3v) is 7.87. The van der Waals surface area contributed by atoms with Crippen LogP contribution < -0.4 is 10.2 Å². The summed E-state index contributed by atoms with van der Waals surface area (Å²) >= 11 is 1.15. The van der Waals surface area contributed by atoms with Crippen molar-refractivity contribution in [2.24, 2.45) is 11.8 Å². The lowest BCUT2D eigenvalue weighted by Gasteiger charge is -2.33. The average molecular weight is 510 g/mol. The van der Waals surface area contributed by atoms with Crippen LogP contribution in [0.4, 0.5) is 11.4 Å². The third kappa shape index (κ3) is 5.36. The first-order valence-electron chi connectivity index (χ1n) is 12.2. The smallest absolute Gasteiger partial charge is 0.348 e. The van der Waals surface area contributed by atoms with Gasteiger partial charge in [-0.3, -0.25) is 9.59 Å². The maximum Gasteiger partial charge on any atom is 0.348 e. The summed E-state index contributed by atoms with van der Waals surface area (Å²) in [7, 11) is 0. The van der Waals surface area contributed by atoms with E-state index >= 15 is 0 Å². The zero-order valence-electron chi connectivity index (χ0n) is 20.9. The molecule has 1 fully saturated rings. The van der Waals surface area contributed by atoms with E-state index in [0.717, 1.165) is 47.5 Å². The van der Waals surface area contributed by atoms with E-state index < -0.39 is 5.97 Å². The maximum atomic E-state index is 13.5. The zero-order valence-corrected chi connectivity index (χ0v) is 21.7. The molecule has 190 valence electrons. The highest BCUT2D eigenvalue weighted by Crippen LogP contribution is 2.40. The van der Waals surface area contributed by atoms with Crippen molar-refractivity contribution in [2.45, 2.75) is 59.4 Å². The molecule has 0 aliphatic heterocycles. The van der Waals surface area contributed by atoms with Gasteiger partial charge < -0.3 is 19.8 Å². The molecule has 8 nitrogen and oxygen atoms in total. The number of nitrogens with zero attached hydrogens (tertiary/aromatic N) is 2. The summed E-state index contributed by atoms with van der Waals surface area (Å²) in [5.74, 6) is -0.824. The van der Waals surface area contributed by atoms with Gasteiger partial charge in [0, 0.05) is 22.5 Å². The van der Waals surface area contributed by atoms with Crippen molar-refractivity contribution >= 4 is 40.5 Å². The van der Waals surface area contributed by atoms with Crippen LogP contribution in [0.15, 0.2) is 41.1 Å². The standard InChI is InChI=1S/C27H31N3O5S/c1-15(2)30(26(32)19-7-5-16(3)6-8-19)22-13-23(36-24(22)27(33)34)18-9-11-20(12-10-18)28-25(31)21-14-35-29-17(21)4/h9-16,19H,5-8H2,1-4H3,(H,28,31)(H,33,34). The summed E-state index contributed by atoms with van der Waals surface area (Å²) in [5, 5.41) is 16.5. The Balaban J connectivity index is 1.59. The fraction of sp³-hybridized carbons (Fsp3) is 0.407. The van der Waals surface area contributed by atoms with Crippen LogP contribution in [0.1, 0.15) is 72.2 Å². The first-order valence-corrected chi connectivity index (χ1v) is 13.0. The van der Waals surface area contributed by atoms with Crippen molar-refractivity contribution in [1.82, 2.24) is 5.16 Å². The lowest BCUT2D eigenvalue weighted by atomic mass is 9.82. The number of carboxylic acids is 1. The highest BCUT2D eigenvalue weighted by molar-refractivity contribution is 7.18. The number of carbonyl (C=O) groups is 3. The number of benzene rings is 1. The summed E-state index contributed by atoms with van der Waals surface area (Å²) in [6.45, 7) is 7.74. The van der Waals surface area contributed by atoms with Crippen LogP contribution >= 0.6 is 11.3 Å². The maximum absolute atomic E-state index is 13.5. The van der Waals surface area contributed by atoms with Gasteiger partial charge in [-0.1, -0.05) is 24.2 Å². The van der Waals surface area contributed by atoms with Crippen LogP contribution in [0.2, 0.25) is 0 Å². The Bertz CT molecular complexity index is 1250. The van der Waals surface area contributed by atoms with Gasteiger partial charge in [-0.2, -0.15) is 0 Å². The Kier molecular flexibility index (Phi) is 7.59. The second kappa shape index (κ2) is 10.7. The Labute approximate surface area is 214 Å². The predicted octanol–water partition coefficient (Wildman–Crippen LogP) is 6.23. The summed E-state index contributed by atoms with van der Waals surface area (Å²) in [6, 6.07) is 8.78. The molecular weight excluding hydrogens is 478 g/mol. The molecule has 1 aliphatic rings. The summed E-state index contributed by atoms with van der Waals surface area (Å²) in [6.07, 6.45) is 5.01. The van der Waals surface area contributed by atoms with Gasteiger partial charge >= 0.3 is 5.97 Å². The van der Waals surface area contributed by atoms with E-state index in [1.165, 1.54) is 6.26 Å². The second-order valence-electron chi connectivity index (χ2n) is 9.73. The SMILES string of the molecule is Cc1nocc1C(=O)Nc1ccc(-c2cc(N(C(=O)C3CCC(C)CC3)C(C)C)c(C(=O)O)s2)cc1. The number of hydrogen-bond donors (Lipinski definition) is 2. The Morgan fingerprint density at radius 1 is 1.14 bits per heavy atom. The largest absolute Gasteiger partial charge is 0.477 e. The van der Waals surface area contributed by atoms with Crippen molar-refractivity contribution < 1.29 is 24.0 Å². The van der Waals surface area contributed by atoms with Crippen molar-refractivity contribution in [3.63, 3.8) is 0 Å². The number of rotatable bonds is 7. The van der Waals surface area contributed by atoms with Crippen molar-refractivity contribution in [1.29, 1.82) is 0 Å². The normalized spacial score (nSPS) is 17.7. The molecule has 0 atom stereocenters. The summed E-state index contributed by atoms with van der Waals surface area (Å²) < 4.78 is 4.82. The minimum atomic E-state index is -1.05. The van der Waals surface area contributed by atoms with Gasteiger partial charge in [0.2, 0.25) is 5.91 Å². The summed E-state index contributed by atoms with van der Waals surface area (Å²) in [5.41, 5.74) is 2.70. The van der Waals surface area contributed by atoms with Gasteiger partial charge in [0.1, 0.15) is 16.7 Å². The van der Waals surface area contributed by atoms with E-state index in [0.29, 0.717) is 28.6 Å². The molecule has 0 spiro atoms. The lowest BCUT2D eigenvalue weighted by Crippen LogP contribution is -2.42. The monoisotopic (exact) mass is 509 g/mol. The van der Waals surface area contributed by atoms with Gasteiger partial charge in [-0.05, 0) is 76.1 Å². The second-order valence-corrected chi connectivity index (χ2v) is 10.8. The number of aryl methyl sites for hydroxylation is 1. The lowest BCUT2D eigenvalue weighted by molar-refractivity contribution is -0.123. The minimum absolute atomic E-state index is 0.00541. The molecular formula is C27H31N3O5S. The van der Waals surface area contributed by atoms with E-state index in [1.807, 2.05) is 26.0 Å². The predicted molar refractivity (Wildman–Crippen MR) is 140 cm³/mol. The van der Waals surface area contributed by atoms with Gasteiger partial charge in [-0.25, -0.2) is 4.79 Å². The highest BCUT2D eigenvalue weighted by Gasteiger charge is 2.33. The summed E-state index contributed by atoms with van der Waals surface area (Å²) in [4.78, 5) is 40.7. The number of nitrogens with one attached hydrogen (secondary N) is 1. The first kappa shape index (κ1) is 25.6. The van der Waals surface area contributed by atoms with Crippen LogP contribution in [0.5, 0.6) is 0 Å². The molecule has 9 heteroatoms. The number of thiophene rings is 1. The van der Waals surface area contributed by atoms with Crippen LogP contribution in [0, 0.1) is 18.8 Å². The molecule has 1 saturated carbocycles. The molecule has 1 aliphatic carbocycles. The molecule has 0 radical (unpaired) electrons. The Morgan fingerprint density at radius 3 is 2.36 bits per heavy atom. The Morgan fingerprint density at radius 2 is 1.81 bits per heavy atom.